The van der Waals surface area contributed by atoms with E-state index in [0.717, 1.165) is 0 Å². The highest BCUT2D eigenvalue weighted by atomic mass is 16.6. The molecule has 3 saturated carbocycles. The van der Waals surface area contributed by atoms with Crippen LogP contribution in [-0.2, 0) is 34.0 Å². The van der Waals surface area contributed by atoms with E-state index in [9.17, 15) is 19.5 Å². The molecule has 0 bridgehead atoms. The molecule has 380 valence electrons. The lowest BCUT2D eigenvalue weighted by atomic mass is 9.62. The van der Waals surface area contributed by atoms with Crippen LogP contribution in [0.3, 0.4) is 0 Å². The second-order valence-electron chi connectivity index (χ2n) is 23.9. The van der Waals surface area contributed by atoms with Gasteiger partial charge in [-0.2, -0.15) is 0 Å². The van der Waals surface area contributed by atoms with E-state index in [1.165, 1.54) is 33.5 Å². The molecule has 18 nitrogen and oxygen atoms in total. The van der Waals surface area contributed by atoms with Crippen LogP contribution in [0.25, 0.3) is 0 Å². The predicted octanol–water partition coefficient (Wildman–Crippen LogP) is 9.74. The van der Waals surface area contributed by atoms with Crippen molar-refractivity contribution in [3.8, 4) is 0 Å². The first-order valence-electron chi connectivity index (χ1n) is 24.2. The van der Waals surface area contributed by atoms with Crippen molar-refractivity contribution in [2.45, 2.75) is 164 Å². The Kier molecular flexibility index (Phi) is 14.8. The van der Waals surface area contributed by atoms with Gasteiger partial charge in [0.1, 0.15) is 17.3 Å². The van der Waals surface area contributed by atoms with Crippen molar-refractivity contribution in [2.24, 2.45) is 32.5 Å². The Labute approximate surface area is 405 Å². The molecular formula is C51H74N6O12. The molecule has 69 heavy (non-hydrogen) atoms. The number of aliphatic hydroxyl groups is 1. The van der Waals surface area contributed by atoms with Crippen LogP contribution >= 0.6 is 0 Å². The smallest absolute Gasteiger partial charge is 0.407 e. The van der Waals surface area contributed by atoms with E-state index in [1.54, 1.807) is 36.4 Å². The minimum absolute atomic E-state index is 0.0219. The van der Waals surface area contributed by atoms with Crippen LogP contribution in [0.1, 0.15) is 137 Å². The highest BCUT2D eigenvalue weighted by Gasteiger charge is 2.54. The number of hydrogen-bond acceptors (Lipinski definition) is 12. The van der Waals surface area contributed by atoms with E-state index < -0.39 is 52.9 Å². The number of urea groups is 2. The number of hydrogen-bond donors (Lipinski definition) is 4. The van der Waals surface area contributed by atoms with Crippen molar-refractivity contribution in [3.63, 3.8) is 0 Å². The summed E-state index contributed by atoms with van der Waals surface area (Å²) >= 11 is 0. The van der Waals surface area contributed by atoms with Crippen LogP contribution in [0.5, 0.6) is 0 Å². The fourth-order valence-corrected chi connectivity index (χ4v) is 13.2. The number of ether oxygens (including phenoxy) is 3. The number of nitrogens with one attached hydrogen (secondary N) is 3. The van der Waals surface area contributed by atoms with Gasteiger partial charge in [-0.05, 0) is 127 Å². The molecule has 7 amide bonds. The minimum atomic E-state index is -1.62. The average Bonchev–Trinajstić information content (AvgIpc) is 4.04. The second-order valence-corrected chi connectivity index (χ2v) is 23.9. The van der Waals surface area contributed by atoms with Crippen LogP contribution in [0, 0.1) is 32.5 Å². The van der Waals surface area contributed by atoms with Gasteiger partial charge >= 0.3 is 30.3 Å². The molecule has 3 aromatic rings. The first kappa shape index (κ1) is 51.2. The summed E-state index contributed by atoms with van der Waals surface area (Å²) in [5, 5.41) is 21.6. The predicted molar refractivity (Wildman–Crippen MR) is 252 cm³/mol. The molecule has 6 atom stereocenters. The van der Waals surface area contributed by atoms with E-state index in [4.69, 9.17) is 27.5 Å². The lowest BCUT2D eigenvalue weighted by Crippen LogP contribution is -2.70. The van der Waals surface area contributed by atoms with Crippen molar-refractivity contribution in [1.29, 1.82) is 0 Å². The number of furan rings is 3. The van der Waals surface area contributed by atoms with Gasteiger partial charge in [0.15, 0.2) is 19.8 Å². The number of alkyl carbamates (subject to hydrolysis) is 3. The lowest BCUT2D eigenvalue weighted by Gasteiger charge is -2.55. The highest BCUT2D eigenvalue weighted by molar-refractivity contribution is 5.96. The summed E-state index contributed by atoms with van der Waals surface area (Å²) in [6, 6.07) is 8.16. The Bertz CT molecular complexity index is 2130. The van der Waals surface area contributed by atoms with E-state index in [2.05, 4.69) is 71.3 Å². The Morgan fingerprint density at radius 2 is 0.841 bits per heavy atom. The first-order chi connectivity index (χ1) is 32.3. The summed E-state index contributed by atoms with van der Waals surface area (Å²) < 4.78 is 32.5. The Morgan fingerprint density at radius 3 is 1.13 bits per heavy atom. The summed E-state index contributed by atoms with van der Waals surface area (Å²) in [6.07, 6.45) is 6.50. The molecule has 4 fully saturated rings. The summed E-state index contributed by atoms with van der Waals surface area (Å²) in [7, 11) is 0. The Balaban J connectivity index is 1.13. The molecule has 18 heteroatoms. The summed E-state index contributed by atoms with van der Waals surface area (Å²) in [5.41, 5.74) is -2.77. The van der Waals surface area contributed by atoms with Crippen molar-refractivity contribution >= 4 is 30.3 Å². The van der Waals surface area contributed by atoms with Crippen LogP contribution in [0.15, 0.2) is 68.4 Å². The molecule has 0 aromatic carbocycles. The van der Waals surface area contributed by atoms with Crippen molar-refractivity contribution in [1.82, 2.24) is 30.7 Å². The third-order valence-electron chi connectivity index (χ3n) is 14.2. The van der Waals surface area contributed by atoms with Crippen LogP contribution < -0.4 is 16.0 Å². The first-order valence-corrected chi connectivity index (χ1v) is 24.2. The normalized spacial score (nSPS) is 29.8. The third-order valence-corrected chi connectivity index (χ3v) is 14.2. The van der Waals surface area contributed by atoms with Gasteiger partial charge in [-0.3, -0.25) is 9.80 Å². The standard InChI is InChI=1S/C51H74N6O12/c1-46(2)19-34(52-40(58)67-25-37-13-10-16-64-37)22-49(7,28-46)31-55-43(61)56(32-50(8)23-35(20-47(3,4)29-50)53-41(59)68-26-38-14-11-17-65-38)45(63)57(44(55)62)33-51(9)24-36(21-48(5,6)30-51)54-42(60)69-27-39-15-12-18-66-39/h10-18,34-36,43,61H,19-33H2,1-9H3,(H,52,58)(H,53,59)(H,54,60). The molecular weight excluding hydrogens is 889 g/mol. The number of aliphatic hydroxyl groups excluding tert-OH is 1. The average molecular weight is 963 g/mol. The van der Waals surface area contributed by atoms with Crippen molar-refractivity contribution in [3.05, 3.63) is 72.5 Å². The summed E-state index contributed by atoms with van der Waals surface area (Å²) in [6.45, 7) is 19.0. The number of nitrogens with zero attached hydrogens (tertiary/aromatic N) is 3. The van der Waals surface area contributed by atoms with Crippen molar-refractivity contribution in [2.75, 3.05) is 19.6 Å². The Morgan fingerprint density at radius 1 is 0.536 bits per heavy atom. The summed E-state index contributed by atoms with van der Waals surface area (Å²) in [4.78, 5) is 73.7. The number of carbonyl (C=O) groups excluding carboxylic acids is 5. The number of rotatable bonds is 15. The summed E-state index contributed by atoms with van der Waals surface area (Å²) in [5.74, 6) is 1.55. The molecule has 3 aromatic heterocycles. The van der Waals surface area contributed by atoms with E-state index in [1.807, 2.05) is 6.92 Å². The zero-order valence-electron chi connectivity index (χ0n) is 41.9. The SMILES string of the molecule is CC1(C)CC(NC(=O)OCc2ccco2)CC(C)(CN2C(=O)N(CC3(C)CC(NC(=O)OCc4ccco4)CC(C)(C)C3)C(O)N(CC3(C)CC(NC(=O)OCc4ccco4)CC(C)(C)C3)C2=O)C1. The van der Waals surface area contributed by atoms with Gasteiger partial charge in [0.25, 0.3) is 0 Å². The van der Waals surface area contributed by atoms with Gasteiger partial charge in [0.2, 0.25) is 6.35 Å². The second kappa shape index (κ2) is 20.0. The van der Waals surface area contributed by atoms with Gasteiger partial charge in [-0.25, -0.2) is 28.9 Å². The lowest BCUT2D eigenvalue weighted by molar-refractivity contribution is -0.128. The molecule has 3 aliphatic carbocycles. The maximum atomic E-state index is 15.1. The largest absolute Gasteiger partial charge is 0.466 e. The van der Waals surface area contributed by atoms with Crippen LogP contribution in [0.2, 0.25) is 0 Å². The molecule has 1 saturated heterocycles. The fourth-order valence-electron chi connectivity index (χ4n) is 13.2. The number of carbonyl (C=O) groups is 5. The minimum Gasteiger partial charge on any atom is -0.466 e. The fraction of sp³-hybridized carbons (Fsp3) is 0.667. The number of amides is 7. The van der Waals surface area contributed by atoms with Gasteiger partial charge in [-0.1, -0.05) is 62.3 Å². The molecule has 0 radical (unpaired) electrons. The molecule has 1 aliphatic heterocycles. The topological polar surface area (TPSA) is 218 Å². The molecule has 4 aliphatic rings. The highest BCUT2D eigenvalue weighted by Crippen LogP contribution is 2.51. The van der Waals surface area contributed by atoms with Gasteiger partial charge in [0.05, 0.1) is 18.8 Å². The zero-order chi connectivity index (χ0) is 50.0. The van der Waals surface area contributed by atoms with Crippen molar-refractivity contribution < 1.29 is 56.5 Å². The molecule has 7 rings (SSSR count). The number of imide groups is 1. The van der Waals surface area contributed by atoms with Crippen LogP contribution in [0.4, 0.5) is 24.0 Å². The molecule has 4 heterocycles. The van der Waals surface area contributed by atoms with Crippen LogP contribution in [-0.4, -0.2) is 94.3 Å². The third kappa shape index (κ3) is 13.6. The molecule has 4 N–H and O–H groups in total. The maximum absolute atomic E-state index is 15.1. The monoisotopic (exact) mass is 963 g/mol. The molecule has 0 spiro atoms. The maximum Gasteiger partial charge on any atom is 0.407 e. The Hall–Kier alpha value is -5.65. The molecule has 6 unspecified atom stereocenters. The van der Waals surface area contributed by atoms with E-state index >= 15 is 9.59 Å². The quantitative estimate of drug-likeness (QED) is 0.105. The van der Waals surface area contributed by atoms with E-state index in [-0.39, 0.29) is 73.8 Å². The zero-order valence-corrected chi connectivity index (χ0v) is 41.9. The van der Waals surface area contributed by atoms with E-state index in [0.29, 0.717) is 75.1 Å². The van der Waals surface area contributed by atoms with Gasteiger partial charge in [-0.15, -0.1) is 0 Å². The van der Waals surface area contributed by atoms with Gasteiger partial charge < -0.3 is 48.5 Å². The van der Waals surface area contributed by atoms with Gasteiger partial charge in [0, 0.05) is 37.8 Å².